The van der Waals surface area contributed by atoms with Crippen molar-refractivity contribution in [2.75, 3.05) is 24.0 Å². The van der Waals surface area contributed by atoms with Crippen molar-refractivity contribution in [2.24, 2.45) is 0 Å². The molecule has 2 aromatic carbocycles. The van der Waals surface area contributed by atoms with Gasteiger partial charge < -0.3 is 15.0 Å². The quantitative estimate of drug-likeness (QED) is 0.755. The fraction of sp³-hybridized carbons (Fsp3) is 0.238. The van der Waals surface area contributed by atoms with Gasteiger partial charge in [-0.15, -0.1) is 0 Å². The van der Waals surface area contributed by atoms with Gasteiger partial charge in [0.15, 0.2) is 5.54 Å². The fourth-order valence-corrected chi connectivity index (χ4v) is 3.99. The summed E-state index contributed by atoms with van der Waals surface area (Å²) in [5, 5.41) is 2.08. The Bertz CT molecular complexity index is 1080. The second kappa shape index (κ2) is 6.51. The summed E-state index contributed by atoms with van der Waals surface area (Å²) in [6, 6.07) is 11.1. The van der Waals surface area contributed by atoms with Crippen LogP contribution < -0.4 is 15.1 Å². The molecule has 2 aromatic rings. The minimum Gasteiger partial charge on any atom is -0.465 e. The number of ether oxygens (including phenoxy) is 1. The first-order valence-corrected chi connectivity index (χ1v) is 9.05. The van der Waals surface area contributed by atoms with Crippen molar-refractivity contribution in [1.29, 1.82) is 0 Å². The van der Waals surface area contributed by atoms with E-state index in [0.29, 0.717) is 11.4 Å². The number of nitrogens with one attached hydrogen (secondary N) is 1. The zero-order valence-corrected chi connectivity index (χ0v) is 16.4. The van der Waals surface area contributed by atoms with Crippen molar-refractivity contribution < 1.29 is 27.5 Å². The number of para-hydroxylation sites is 2. The second-order valence-corrected chi connectivity index (χ2v) is 7.12. The predicted molar refractivity (Wildman–Crippen MR) is 104 cm³/mol. The number of fused-ring (bicyclic) bond motifs is 3. The Morgan fingerprint density at radius 2 is 1.67 bits per heavy atom. The average molecular weight is 417 g/mol. The van der Waals surface area contributed by atoms with Crippen LogP contribution in [-0.2, 0) is 15.1 Å². The van der Waals surface area contributed by atoms with Gasteiger partial charge in [0.2, 0.25) is 0 Å². The van der Waals surface area contributed by atoms with Crippen LogP contribution in [0.2, 0.25) is 0 Å². The molecule has 4 rings (SSSR count). The highest BCUT2D eigenvalue weighted by atomic mass is 19.4. The van der Waals surface area contributed by atoms with Gasteiger partial charge >= 0.3 is 18.2 Å². The lowest BCUT2D eigenvalue weighted by atomic mass is 9.79. The standard InChI is InChI=1S/C21H18F3N3O3/c1-12-8-10-13(11-9-12)20(21(22,23)24)16(18(28)30-3)17-26(2)14-6-4-5-7-15(14)27(17)19(29)25-20/h4-11H,1-3H3,(H,25,29)/t20-/m1/s1. The monoisotopic (exact) mass is 417 g/mol. The van der Waals surface area contributed by atoms with Gasteiger partial charge in [0.05, 0.1) is 18.5 Å². The molecule has 1 atom stereocenters. The summed E-state index contributed by atoms with van der Waals surface area (Å²) >= 11 is 0. The number of aryl methyl sites for hydroxylation is 1. The molecule has 2 aliphatic rings. The number of carbonyl (C=O) groups excluding carboxylic acids is 2. The van der Waals surface area contributed by atoms with Crippen LogP contribution in [0.3, 0.4) is 0 Å². The van der Waals surface area contributed by atoms with E-state index in [1.165, 1.54) is 36.2 Å². The highest BCUT2D eigenvalue weighted by Gasteiger charge is 2.66. The Morgan fingerprint density at radius 3 is 2.23 bits per heavy atom. The van der Waals surface area contributed by atoms with Gasteiger partial charge in [-0.05, 0) is 24.6 Å². The van der Waals surface area contributed by atoms with Gasteiger partial charge in [0, 0.05) is 7.05 Å². The number of urea groups is 1. The maximum Gasteiger partial charge on any atom is 0.420 e. The molecule has 0 unspecified atom stereocenters. The number of anilines is 2. The minimum atomic E-state index is -5.03. The smallest absolute Gasteiger partial charge is 0.420 e. The molecule has 1 N–H and O–H groups in total. The molecule has 0 spiro atoms. The van der Waals surface area contributed by atoms with E-state index in [1.807, 2.05) is 0 Å². The molecule has 2 aliphatic heterocycles. The van der Waals surface area contributed by atoms with E-state index in [0.717, 1.165) is 17.6 Å². The van der Waals surface area contributed by atoms with Crippen molar-refractivity contribution in [2.45, 2.75) is 18.6 Å². The molecule has 0 aromatic heterocycles. The van der Waals surface area contributed by atoms with E-state index >= 15 is 0 Å². The van der Waals surface area contributed by atoms with Crippen molar-refractivity contribution >= 4 is 23.4 Å². The summed E-state index contributed by atoms with van der Waals surface area (Å²) in [7, 11) is 2.51. The molecule has 30 heavy (non-hydrogen) atoms. The van der Waals surface area contributed by atoms with E-state index in [-0.39, 0.29) is 11.4 Å². The van der Waals surface area contributed by atoms with E-state index in [9.17, 15) is 22.8 Å². The molecule has 0 saturated heterocycles. The first-order chi connectivity index (χ1) is 14.1. The Labute approximate surface area is 170 Å². The molecular weight excluding hydrogens is 399 g/mol. The first kappa shape index (κ1) is 19.8. The van der Waals surface area contributed by atoms with Crippen LogP contribution in [0.1, 0.15) is 11.1 Å². The molecule has 0 saturated carbocycles. The highest BCUT2D eigenvalue weighted by Crippen LogP contribution is 2.53. The largest absolute Gasteiger partial charge is 0.465 e. The zero-order valence-electron chi connectivity index (χ0n) is 16.4. The van der Waals surface area contributed by atoms with Gasteiger partial charge in [-0.1, -0.05) is 42.0 Å². The Kier molecular flexibility index (Phi) is 4.30. The summed E-state index contributed by atoms with van der Waals surface area (Å²) in [4.78, 5) is 28.3. The number of amides is 2. The van der Waals surface area contributed by atoms with Crippen molar-refractivity contribution in [3.63, 3.8) is 0 Å². The van der Waals surface area contributed by atoms with Crippen molar-refractivity contribution in [3.8, 4) is 0 Å². The number of benzene rings is 2. The number of hydrogen-bond donors (Lipinski definition) is 1. The number of methoxy groups -OCH3 is 1. The lowest BCUT2D eigenvalue weighted by Gasteiger charge is -2.44. The normalized spacial score (nSPS) is 20.7. The molecule has 156 valence electrons. The third kappa shape index (κ3) is 2.51. The maximum absolute atomic E-state index is 14.7. The second-order valence-electron chi connectivity index (χ2n) is 7.12. The Morgan fingerprint density at radius 1 is 1.07 bits per heavy atom. The number of hydrogen-bond acceptors (Lipinski definition) is 4. The van der Waals surface area contributed by atoms with Gasteiger partial charge in [0.25, 0.3) is 0 Å². The van der Waals surface area contributed by atoms with Gasteiger partial charge in [-0.3, -0.25) is 0 Å². The summed E-state index contributed by atoms with van der Waals surface area (Å²) < 4.78 is 48.9. The van der Waals surface area contributed by atoms with Gasteiger partial charge in [0.1, 0.15) is 11.4 Å². The third-order valence-corrected chi connectivity index (χ3v) is 5.41. The lowest BCUT2D eigenvalue weighted by molar-refractivity contribution is -0.190. The molecule has 6 nitrogen and oxygen atoms in total. The van der Waals surface area contributed by atoms with Crippen LogP contribution in [0.25, 0.3) is 0 Å². The molecular formula is C21H18F3N3O3. The van der Waals surface area contributed by atoms with Crippen LogP contribution in [-0.4, -0.2) is 32.3 Å². The fourth-order valence-electron chi connectivity index (χ4n) is 3.99. The summed E-state index contributed by atoms with van der Waals surface area (Å²) in [6.45, 7) is 1.73. The highest BCUT2D eigenvalue weighted by molar-refractivity contribution is 6.10. The Balaban J connectivity index is 2.11. The van der Waals surface area contributed by atoms with Crippen molar-refractivity contribution in [1.82, 2.24) is 5.32 Å². The average Bonchev–Trinajstić information content (AvgIpc) is 3.00. The number of esters is 1. The maximum atomic E-state index is 14.7. The lowest BCUT2D eigenvalue weighted by Crippen LogP contribution is -2.65. The van der Waals surface area contributed by atoms with Crippen LogP contribution in [0.5, 0.6) is 0 Å². The zero-order chi connectivity index (χ0) is 21.8. The molecule has 9 heteroatoms. The van der Waals surface area contributed by atoms with E-state index in [4.69, 9.17) is 4.74 Å². The van der Waals surface area contributed by atoms with Crippen molar-refractivity contribution in [3.05, 3.63) is 71.1 Å². The number of rotatable bonds is 2. The van der Waals surface area contributed by atoms with E-state index < -0.39 is 29.3 Å². The minimum absolute atomic E-state index is 0.190. The van der Waals surface area contributed by atoms with Crippen LogP contribution in [0.15, 0.2) is 59.9 Å². The van der Waals surface area contributed by atoms with E-state index in [2.05, 4.69) is 5.32 Å². The number of halogens is 3. The molecule has 2 amide bonds. The molecule has 0 fully saturated rings. The molecule has 0 bridgehead atoms. The SMILES string of the molecule is COC(=O)C1=C2N(C)c3ccccc3N2C(=O)N[C@@]1(c1ccc(C)cc1)C(F)(F)F. The third-order valence-electron chi connectivity index (χ3n) is 5.41. The first-order valence-electron chi connectivity index (χ1n) is 9.05. The van der Waals surface area contributed by atoms with Crippen LogP contribution in [0, 0.1) is 6.92 Å². The molecule has 2 heterocycles. The van der Waals surface area contributed by atoms with Gasteiger partial charge in [-0.25, -0.2) is 14.5 Å². The summed E-state index contributed by atoms with van der Waals surface area (Å²) in [6.07, 6.45) is -5.03. The summed E-state index contributed by atoms with van der Waals surface area (Å²) in [5.74, 6) is -1.38. The van der Waals surface area contributed by atoms with Crippen LogP contribution in [0.4, 0.5) is 29.3 Å². The molecule has 0 radical (unpaired) electrons. The Hall–Kier alpha value is -3.49. The van der Waals surface area contributed by atoms with Crippen LogP contribution >= 0.6 is 0 Å². The number of carbonyl (C=O) groups is 2. The molecule has 0 aliphatic carbocycles. The topological polar surface area (TPSA) is 61.9 Å². The number of nitrogens with zero attached hydrogens (tertiary/aromatic N) is 2. The van der Waals surface area contributed by atoms with Gasteiger partial charge in [-0.2, -0.15) is 13.2 Å². The number of alkyl halides is 3. The summed E-state index contributed by atoms with van der Waals surface area (Å²) in [5.41, 5.74) is -2.48. The van der Waals surface area contributed by atoms with E-state index in [1.54, 1.807) is 31.2 Å². The predicted octanol–water partition coefficient (Wildman–Crippen LogP) is 3.82.